The highest BCUT2D eigenvalue weighted by molar-refractivity contribution is 6.54. The van der Waals surface area contributed by atoms with E-state index in [1.165, 1.54) is 24.3 Å². The summed E-state index contributed by atoms with van der Waals surface area (Å²) < 4.78 is 0. The summed E-state index contributed by atoms with van der Waals surface area (Å²) in [6, 6.07) is 7.10. The summed E-state index contributed by atoms with van der Waals surface area (Å²) >= 11 is 0. The van der Waals surface area contributed by atoms with Gasteiger partial charge < -0.3 is 10.4 Å². The summed E-state index contributed by atoms with van der Waals surface area (Å²) in [5, 5.41) is 33.4. The van der Waals surface area contributed by atoms with Gasteiger partial charge in [-0.3, -0.25) is 25.0 Å². The van der Waals surface area contributed by atoms with Crippen LogP contribution in [0.2, 0.25) is 0 Å². The van der Waals surface area contributed by atoms with E-state index < -0.39 is 33.1 Å². The van der Waals surface area contributed by atoms with E-state index in [-0.39, 0.29) is 28.2 Å². The molecule has 2 aromatic rings. The van der Waals surface area contributed by atoms with Gasteiger partial charge in [0, 0.05) is 11.6 Å². The van der Waals surface area contributed by atoms with Crippen LogP contribution in [0.15, 0.2) is 41.4 Å². The number of fused-ring (bicyclic) bond motifs is 1. The minimum Gasteiger partial charge on any atom is -0.478 e. The average molecular weight is 356 g/mol. The quantitative estimate of drug-likeness (QED) is 0.626. The van der Waals surface area contributed by atoms with Gasteiger partial charge in [-0.25, -0.2) is 9.79 Å². The van der Waals surface area contributed by atoms with E-state index in [2.05, 4.69) is 10.3 Å². The lowest BCUT2D eigenvalue weighted by atomic mass is 10.1. The first kappa shape index (κ1) is 16.7. The smallest absolute Gasteiger partial charge is 0.335 e. The van der Waals surface area contributed by atoms with Crippen LogP contribution in [0.5, 0.6) is 0 Å². The van der Waals surface area contributed by atoms with Gasteiger partial charge in [-0.2, -0.15) is 0 Å². The van der Waals surface area contributed by atoms with Crippen LogP contribution < -0.4 is 5.32 Å². The number of nitrogens with one attached hydrogen (secondary N) is 1. The minimum atomic E-state index is -1.20. The zero-order chi connectivity index (χ0) is 19.0. The molecule has 0 saturated carbocycles. The molecule has 11 nitrogen and oxygen atoms in total. The summed E-state index contributed by atoms with van der Waals surface area (Å²) in [4.78, 5) is 47.7. The number of aromatic carboxylic acids is 1. The van der Waals surface area contributed by atoms with Gasteiger partial charge in [-0.1, -0.05) is 6.07 Å². The number of carboxylic acids is 1. The van der Waals surface area contributed by atoms with E-state index >= 15 is 0 Å². The van der Waals surface area contributed by atoms with Crippen LogP contribution in [0.3, 0.4) is 0 Å². The molecule has 2 aromatic carbocycles. The van der Waals surface area contributed by atoms with Gasteiger partial charge in [0.2, 0.25) is 0 Å². The highest BCUT2D eigenvalue weighted by Crippen LogP contribution is 2.37. The third-order valence-corrected chi connectivity index (χ3v) is 3.55. The van der Waals surface area contributed by atoms with Crippen LogP contribution >= 0.6 is 0 Å². The molecule has 2 N–H and O–H groups in total. The number of carbonyl (C=O) groups is 2. The van der Waals surface area contributed by atoms with Crippen LogP contribution in [-0.2, 0) is 4.79 Å². The second-order valence-electron chi connectivity index (χ2n) is 5.17. The summed E-state index contributed by atoms with van der Waals surface area (Å²) in [7, 11) is 0. The van der Waals surface area contributed by atoms with Crippen LogP contribution in [0.1, 0.15) is 15.9 Å². The Morgan fingerprint density at radius 3 is 2.46 bits per heavy atom. The number of nitrogens with zero attached hydrogens (tertiary/aromatic N) is 3. The predicted molar refractivity (Wildman–Crippen MR) is 88.0 cm³/mol. The lowest BCUT2D eigenvalue weighted by Gasteiger charge is -2.01. The van der Waals surface area contributed by atoms with Gasteiger partial charge in [0.1, 0.15) is 11.4 Å². The molecule has 1 aliphatic rings. The van der Waals surface area contributed by atoms with Gasteiger partial charge in [-0.15, -0.1) is 0 Å². The first-order chi connectivity index (χ1) is 12.3. The topological polar surface area (TPSA) is 165 Å². The van der Waals surface area contributed by atoms with E-state index in [4.69, 9.17) is 5.11 Å². The third-order valence-electron chi connectivity index (χ3n) is 3.55. The third kappa shape index (κ3) is 2.84. The Hall–Kier alpha value is -4.15. The van der Waals surface area contributed by atoms with Crippen molar-refractivity contribution in [3.8, 4) is 0 Å². The van der Waals surface area contributed by atoms with Crippen molar-refractivity contribution in [3.63, 3.8) is 0 Å². The first-order valence-corrected chi connectivity index (χ1v) is 6.98. The molecule has 0 saturated heterocycles. The fourth-order valence-electron chi connectivity index (χ4n) is 2.42. The second kappa shape index (κ2) is 6.05. The van der Waals surface area contributed by atoms with Crippen LogP contribution in [0.25, 0.3) is 0 Å². The van der Waals surface area contributed by atoms with E-state index in [0.717, 1.165) is 12.1 Å². The number of aliphatic imine (C=N–C) groups is 1. The van der Waals surface area contributed by atoms with E-state index in [1.54, 1.807) is 0 Å². The molecule has 0 radical (unpaired) electrons. The highest BCUT2D eigenvalue weighted by Gasteiger charge is 2.35. The van der Waals surface area contributed by atoms with Gasteiger partial charge in [0.05, 0.1) is 27.2 Å². The Morgan fingerprint density at radius 1 is 1.12 bits per heavy atom. The Balaban J connectivity index is 2.20. The van der Waals surface area contributed by atoms with Crippen molar-refractivity contribution in [3.05, 3.63) is 67.8 Å². The molecule has 0 aliphatic carbocycles. The Morgan fingerprint density at radius 2 is 1.85 bits per heavy atom. The van der Waals surface area contributed by atoms with Crippen LogP contribution in [-0.4, -0.2) is 32.5 Å². The molecule has 1 heterocycles. The number of hydrogen-bond acceptors (Lipinski definition) is 7. The SMILES string of the molecule is O=C1Nc2c(cc([N+](=O)[O-])cc2[N+](=O)[O-])/C1=N/c1cccc(C(=O)O)c1. The van der Waals surface area contributed by atoms with E-state index in [1.807, 2.05) is 0 Å². The highest BCUT2D eigenvalue weighted by atomic mass is 16.6. The Kier molecular flexibility index (Phi) is 3.89. The van der Waals surface area contributed by atoms with E-state index in [9.17, 15) is 29.8 Å². The Labute approximate surface area is 143 Å². The summed E-state index contributed by atoms with van der Waals surface area (Å²) in [5.41, 5.74) is -1.75. The number of amides is 1. The monoisotopic (exact) mass is 356 g/mol. The summed E-state index contributed by atoms with van der Waals surface area (Å²) in [6.45, 7) is 0. The van der Waals surface area contributed by atoms with Crippen molar-refractivity contribution in [2.24, 2.45) is 4.99 Å². The number of anilines is 1. The molecule has 1 amide bonds. The molecule has 130 valence electrons. The summed E-state index contributed by atoms with van der Waals surface area (Å²) in [6.07, 6.45) is 0. The van der Waals surface area contributed by atoms with E-state index in [0.29, 0.717) is 0 Å². The summed E-state index contributed by atoms with van der Waals surface area (Å²) in [5.74, 6) is -1.99. The molecule has 26 heavy (non-hydrogen) atoms. The molecule has 0 bridgehead atoms. The molecule has 0 unspecified atom stereocenters. The number of nitro benzene ring substituents is 2. The molecular formula is C15H8N4O7. The zero-order valence-corrected chi connectivity index (χ0v) is 12.7. The molecule has 0 atom stereocenters. The van der Waals surface area contributed by atoms with Crippen molar-refractivity contribution in [2.75, 3.05) is 5.32 Å². The second-order valence-corrected chi connectivity index (χ2v) is 5.17. The van der Waals surface area contributed by atoms with Gasteiger partial charge >= 0.3 is 5.97 Å². The Bertz CT molecular complexity index is 1030. The standard InChI is InChI=1S/C15H8N4O7/c20-14-13(16-8-3-1-2-7(4-8)15(21)22)10-5-9(18(23)24)6-11(19(25)26)12(10)17-14/h1-6H,(H,21,22)(H,16,17,20). The van der Waals surface area contributed by atoms with Crippen molar-refractivity contribution < 1.29 is 24.5 Å². The molecule has 1 aliphatic heterocycles. The van der Waals surface area contributed by atoms with Gasteiger partial charge in [-0.05, 0) is 18.2 Å². The lowest BCUT2D eigenvalue weighted by molar-refractivity contribution is -0.393. The molecule has 0 aromatic heterocycles. The molecule has 11 heteroatoms. The van der Waals surface area contributed by atoms with Crippen molar-refractivity contribution >= 4 is 40.3 Å². The maximum absolute atomic E-state index is 12.2. The number of nitro groups is 2. The van der Waals surface area contributed by atoms with Crippen LogP contribution in [0.4, 0.5) is 22.7 Å². The number of carbonyl (C=O) groups excluding carboxylic acids is 1. The van der Waals surface area contributed by atoms with Gasteiger partial charge in [0.25, 0.3) is 17.3 Å². The minimum absolute atomic E-state index is 0.0736. The maximum Gasteiger partial charge on any atom is 0.335 e. The number of non-ortho nitro benzene ring substituents is 1. The molecule has 3 rings (SSSR count). The average Bonchev–Trinajstić information content (AvgIpc) is 2.89. The molecule has 0 spiro atoms. The number of carboxylic acid groups (broad SMARTS) is 1. The van der Waals surface area contributed by atoms with Crippen LogP contribution in [0, 0.1) is 20.2 Å². The number of hydrogen-bond donors (Lipinski definition) is 2. The zero-order valence-electron chi connectivity index (χ0n) is 12.7. The number of rotatable bonds is 4. The maximum atomic E-state index is 12.2. The van der Waals surface area contributed by atoms with Crippen molar-refractivity contribution in [2.45, 2.75) is 0 Å². The predicted octanol–water partition coefficient (Wildman–Crippen LogP) is 2.27. The molecule has 0 fully saturated rings. The lowest BCUT2D eigenvalue weighted by Crippen LogP contribution is -2.14. The fourth-order valence-corrected chi connectivity index (χ4v) is 2.42. The largest absolute Gasteiger partial charge is 0.478 e. The fraction of sp³-hybridized carbons (Fsp3) is 0. The van der Waals surface area contributed by atoms with Gasteiger partial charge in [0.15, 0.2) is 0 Å². The van der Waals surface area contributed by atoms with Crippen molar-refractivity contribution in [1.82, 2.24) is 0 Å². The normalized spacial score (nSPS) is 14.0. The van der Waals surface area contributed by atoms with Crippen molar-refractivity contribution in [1.29, 1.82) is 0 Å². The molecular weight excluding hydrogens is 348 g/mol. The number of benzene rings is 2. The first-order valence-electron chi connectivity index (χ1n) is 6.98.